The molecule has 3 heterocycles. The van der Waals surface area contributed by atoms with E-state index in [-0.39, 0.29) is 24.4 Å². The van der Waals surface area contributed by atoms with Crippen molar-refractivity contribution in [2.75, 3.05) is 13.1 Å². The van der Waals surface area contributed by atoms with E-state index in [1.807, 2.05) is 6.92 Å². The van der Waals surface area contributed by atoms with Crippen molar-refractivity contribution in [1.29, 1.82) is 0 Å². The SMILES string of the molecule is C[C@@H]1CCC(=O)N1C1CN(C(=O)Oc2ccc(Cl)cn2)CC(F)(F)C1. The number of ether oxygens (including phenoxy) is 1. The predicted octanol–water partition coefficient (Wildman–Crippen LogP) is 2.95. The van der Waals surface area contributed by atoms with E-state index in [4.69, 9.17) is 16.3 Å². The Bertz CT molecular complexity index is 671. The smallest absolute Gasteiger partial charge is 0.391 e. The van der Waals surface area contributed by atoms with Gasteiger partial charge in [0.25, 0.3) is 5.92 Å². The number of likely N-dealkylation sites (tertiary alicyclic amines) is 2. The second-order valence-electron chi connectivity index (χ2n) is 6.47. The maximum atomic E-state index is 14.1. The number of halogens is 3. The molecule has 3 rings (SSSR count). The number of aromatic nitrogens is 1. The first kappa shape index (κ1) is 17.8. The van der Waals surface area contributed by atoms with Gasteiger partial charge in [-0.15, -0.1) is 0 Å². The van der Waals surface area contributed by atoms with Crippen LogP contribution in [-0.4, -0.2) is 57.9 Å². The second-order valence-corrected chi connectivity index (χ2v) is 6.90. The molecule has 2 fully saturated rings. The number of hydrogen-bond acceptors (Lipinski definition) is 4. The van der Waals surface area contributed by atoms with Crippen molar-refractivity contribution in [3.8, 4) is 5.88 Å². The van der Waals surface area contributed by atoms with Crippen LogP contribution in [0, 0.1) is 0 Å². The molecule has 0 radical (unpaired) electrons. The maximum absolute atomic E-state index is 14.1. The molecule has 1 aromatic rings. The molecular weight excluding hydrogens is 356 g/mol. The van der Waals surface area contributed by atoms with Gasteiger partial charge in [-0.1, -0.05) is 11.6 Å². The van der Waals surface area contributed by atoms with Crippen molar-refractivity contribution in [3.63, 3.8) is 0 Å². The molecule has 0 spiro atoms. The molecule has 0 bridgehead atoms. The van der Waals surface area contributed by atoms with Gasteiger partial charge in [-0.2, -0.15) is 0 Å². The average Bonchev–Trinajstić information content (AvgIpc) is 2.87. The highest BCUT2D eigenvalue weighted by Gasteiger charge is 2.47. The summed E-state index contributed by atoms with van der Waals surface area (Å²) in [7, 11) is 0. The summed E-state index contributed by atoms with van der Waals surface area (Å²) >= 11 is 5.70. The Morgan fingerprint density at radius 1 is 1.44 bits per heavy atom. The third-order valence-corrected chi connectivity index (χ3v) is 4.69. The molecule has 0 saturated carbocycles. The van der Waals surface area contributed by atoms with Gasteiger partial charge in [0.15, 0.2) is 0 Å². The molecule has 9 heteroatoms. The number of amides is 2. The summed E-state index contributed by atoms with van der Waals surface area (Å²) < 4.78 is 33.3. The Morgan fingerprint density at radius 3 is 2.80 bits per heavy atom. The Labute approximate surface area is 148 Å². The summed E-state index contributed by atoms with van der Waals surface area (Å²) in [6.45, 7) is 1.10. The third kappa shape index (κ3) is 4.00. The molecule has 2 atom stereocenters. The Kier molecular flexibility index (Phi) is 4.81. The van der Waals surface area contributed by atoms with E-state index in [0.29, 0.717) is 17.9 Å². The van der Waals surface area contributed by atoms with Gasteiger partial charge in [-0.25, -0.2) is 18.6 Å². The van der Waals surface area contributed by atoms with Crippen molar-refractivity contribution in [2.24, 2.45) is 0 Å². The minimum atomic E-state index is -3.09. The monoisotopic (exact) mass is 373 g/mol. The second kappa shape index (κ2) is 6.74. The van der Waals surface area contributed by atoms with Crippen LogP contribution in [0.25, 0.3) is 0 Å². The lowest BCUT2D eigenvalue weighted by atomic mass is 10.0. The molecule has 2 saturated heterocycles. The summed E-state index contributed by atoms with van der Waals surface area (Å²) in [5.41, 5.74) is 0. The summed E-state index contributed by atoms with van der Waals surface area (Å²) in [5, 5.41) is 0.367. The van der Waals surface area contributed by atoms with Gasteiger partial charge < -0.3 is 9.64 Å². The quantitative estimate of drug-likeness (QED) is 0.799. The highest BCUT2D eigenvalue weighted by atomic mass is 35.5. The topological polar surface area (TPSA) is 62.7 Å². The van der Waals surface area contributed by atoms with E-state index in [9.17, 15) is 18.4 Å². The van der Waals surface area contributed by atoms with Gasteiger partial charge in [0.05, 0.1) is 17.6 Å². The van der Waals surface area contributed by atoms with Gasteiger partial charge in [0.1, 0.15) is 0 Å². The van der Waals surface area contributed by atoms with E-state index in [1.165, 1.54) is 23.2 Å². The highest BCUT2D eigenvalue weighted by Crippen LogP contribution is 2.33. The molecule has 0 aliphatic carbocycles. The van der Waals surface area contributed by atoms with E-state index >= 15 is 0 Å². The van der Waals surface area contributed by atoms with Crippen LogP contribution < -0.4 is 4.74 Å². The molecule has 1 unspecified atom stereocenters. The summed E-state index contributed by atoms with van der Waals surface area (Å²) in [6.07, 6.45) is 0.912. The van der Waals surface area contributed by atoms with Crippen LogP contribution >= 0.6 is 11.6 Å². The number of carbonyl (C=O) groups is 2. The van der Waals surface area contributed by atoms with Crippen molar-refractivity contribution in [1.82, 2.24) is 14.8 Å². The van der Waals surface area contributed by atoms with Gasteiger partial charge >= 0.3 is 6.09 Å². The standard InChI is InChI=1S/C16H18ClF2N3O3/c1-10-2-5-14(23)22(10)12-6-16(18,19)9-21(8-12)15(24)25-13-4-3-11(17)7-20-13/h3-4,7,10,12H,2,5-6,8-9H2,1H3/t10-,12?/m1/s1. The van der Waals surface area contributed by atoms with Gasteiger partial charge in [-0.3, -0.25) is 9.69 Å². The average molecular weight is 374 g/mol. The molecule has 0 aromatic carbocycles. The van der Waals surface area contributed by atoms with Crippen LogP contribution in [-0.2, 0) is 4.79 Å². The zero-order chi connectivity index (χ0) is 18.2. The third-order valence-electron chi connectivity index (χ3n) is 4.47. The Morgan fingerprint density at radius 2 is 2.20 bits per heavy atom. The predicted molar refractivity (Wildman–Crippen MR) is 85.7 cm³/mol. The fourth-order valence-corrected chi connectivity index (χ4v) is 3.50. The van der Waals surface area contributed by atoms with E-state index in [0.717, 1.165) is 4.90 Å². The first-order chi connectivity index (χ1) is 11.7. The van der Waals surface area contributed by atoms with E-state index in [2.05, 4.69) is 4.98 Å². The van der Waals surface area contributed by atoms with Gasteiger partial charge in [-0.05, 0) is 19.4 Å². The number of alkyl halides is 2. The zero-order valence-electron chi connectivity index (χ0n) is 13.6. The van der Waals surface area contributed by atoms with Crippen molar-refractivity contribution >= 4 is 23.6 Å². The summed E-state index contributed by atoms with van der Waals surface area (Å²) in [4.78, 5) is 30.5. The number of piperidine rings is 1. The zero-order valence-corrected chi connectivity index (χ0v) is 14.4. The minimum absolute atomic E-state index is 0.0120. The number of hydrogen-bond donors (Lipinski definition) is 0. The first-order valence-corrected chi connectivity index (χ1v) is 8.40. The largest absolute Gasteiger partial charge is 0.416 e. The molecule has 2 amide bonds. The molecule has 2 aliphatic heterocycles. The molecule has 2 aliphatic rings. The van der Waals surface area contributed by atoms with Gasteiger partial charge in [0, 0.05) is 37.7 Å². The van der Waals surface area contributed by atoms with Crippen LogP contribution in [0.3, 0.4) is 0 Å². The number of nitrogens with zero attached hydrogens (tertiary/aromatic N) is 3. The lowest BCUT2D eigenvalue weighted by Crippen LogP contribution is -2.58. The summed E-state index contributed by atoms with van der Waals surface area (Å²) in [6, 6.07) is 2.03. The Hall–Kier alpha value is -1.96. The van der Waals surface area contributed by atoms with Gasteiger partial charge in [0.2, 0.25) is 11.8 Å². The first-order valence-electron chi connectivity index (χ1n) is 8.02. The minimum Gasteiger partial charge on any atom is -0.391 e. The molecule has 25 heavy (non-hydrogen) atoms. The van der Waals surface area contributed by atoms with Crippen LogP contribution in [0.2, 0.25) is 5.02 Å². The number of rotatable bonds is 2. The van der Waals surface area contributed by atoms with Crippen LogP contribution in [0.15, 0.2) is 18.3 Å². The van der Waals surface area contributed by atoms with E-state index < -0.39 is 31.0 Å². The Balaban J connectivity index is 1.73. The van der Waals surface area contributed by atoms with Crippen LogP contribution in [0.4, 0.5) is 13.6 Å². The van der Waals surface area contributed by atoms with Crippen molar-refractivity contribution in [2.45, 2.75) is 44.2 Å². The van der Waals surface area contributed by atoms with E-state index in [1.54, 1.807) is 0 Å². The lowest BCUT2D eigenvalue weighted by Gasteiger charge is -2.42. The molecular formula is C16H18ClF2N3O3. The van der Waals surface area contributed by atoms with Crippen molar-refractivity contribution in [3.05, 3.63) is 23.4 Å². The highest BCUT2D eigenvalue weighted by molar-refractivity contribution is 6.30. The normalized spacial score (nSPS) is 26.0. The van der Waals surface area contributed by atoms with Crippen LogP contribution in [0.1, 0.15) is 26.2 Å². The summed E-state index contributed by atoms with van der Waals surface area (Å²) in [5.74, 6) is -3.26. The number of pyridine rings is 1. The fourth-order valence-electron chi connectivity index (χ4n) is 3.38. The lowest BCUT2D eigenvalue weighted by molar-refractivity contribution is -0.137. The molecule has 0 N–H and O–H groups in total. The molecule has 136 valence electrons. The van der Waals surface area contributed by atoms with Crippen LogP contribution in [0.5, 0.6) is 5.88 Å². The maximum Gasteiger partial charge on any atom is 0.416 e. The number of carbonyl (C=O) groups excluding carboxylic acids is 2. The van der Waals surface area contributed by atoms with Crippen molar-refractivity contribution < 1.29 is 23.1 Å². The molecule has 6 nitrogen and oxygen atoms in total. The fraction of sp³-hybridized carbons (Fsp3) is 0.562. The molecule has 1 aromatic heterocycles.